The summed E-state index contributed by atoms with van der Waals surface area (Å²) < 4.78 is 1.01. The molecule has 3 aromatic rings. The fourth-order valence-corrected chi connectivity index (χ4v) is 2.81. The first kappa shape index (κ1) is 13.4. The van der Waals surface area contributed by atoms with Crippen LogP contribution >= 0.6 is 34.2 Å². The van der Waals surface area contributed by atoms with E-state index in [1.165, 1.54) is 0 Å². The normalized spacial score (nSPS) is 10.7. The maximum Gasteiger partial charge on any atom is 0.276 e. The SMILES string of the molecule is O=C(Nc1ccc(I)cc1Cl)c1n[nH]c2ccccc12. The van der Waals surface area contributed by atoms with Crippen molar-refractivity contribution in [3.8, 4) is 0 Å². The van der Waals surface area contributed by atoms with Gasteiger partial charge in [-0.15, -0.1) is 0 Å². The number of fused-ring (bicyclic) bond motifs is 1. The first-order valence-corrected chi connectivity index (χ1v) is 7.30. The Hall–Kier alpha value is -1.60. The van der Waals surface area contributed by atoms with Crippen molar-refractivity contribution in [3.05, 3.63) is 56.8 Å². The zero-order chi connectivity index (χ0) is 14.1. The van der Waals surface area contributed by atoms with Crippen molar-refractivity contribution in [2.75, 3.05) is 5.32 Å². The number of carbonyl (C=O) groups is 1. The molecule has 2 N–H and O–H groups in total. The smallest absolute Gasteiger partial charge is 0.276 e. The third-order valence-corrected chi connectivity index (χ3v) is 3.85. The second-order valence-electron chi connectivity index (χ2n) is 4.20. The summed E-state index contributed by atoms with van der Waals surface area (Å²) in [7, 11) is 0. The molecule has 0 fully saturated rings. The van der Waals surface area contributed by atoms with Crippen LogP contribution in [0, 0.1) is 3.57 Å². The molecule has 2 aromatic carbocycles. The van der Waals surface area contributed by atoms with Crippen LogP contribution in [0.2, 0.25) is 5.02 Å². The molecule has 20 heavy (non-hydrogen) atoms. The molecule has 1 amide bonds. The van der Waals surface area contributed by atoms with Crippen LogP contribution in [-0.2, 0) is 0 Å². The van der Waals surface area contributed by atoms with Crippen LogP contribution in [0.1, 0.15) is 10.5 Å². The van der Waals surface area contributed by atoms with Gasteiger partial charge in [-0.25, -0.2) is 0 Å². The van der Waals surface area contributed by atoms with Crippen LogP contribution in [0.25, 0.3) is 10.9 Å². The van der Waals surface area contributed by atoms with Gasteiger partial charge in [0.2, 0.25) is 0 Å². The molecule has 3 rings (SSSR count). The minimum absolute atomic E-state index is 0.287. The van der Waals surface area contributed by atoms with Crippen LogP contribution < -0.4 is 5.32 Å². The van der Waals surface area contributed by atoms with Crippen molar-refractivity contribution in [2.45, 2.75) is 0 Å². The lowest BCUT2D eigenvalue weighted by Crippen LogP contribution is -2.13. The number of H-pyrrole nitrogens is 1. The van der Waals surface area contributed by atoms with Crippen LogP contribution in [0.5, 0.6) is 0 Å². The number of hydrogen-bond donors (Lipinski definition) is 2. The van der Waals surface area contributed by atoms with Gasteiger partial charge in [-0.05, 0) is 46.9 Å². The molecule has 0 atom stereocenters. The van der Waals surface area contributed by atoms with Gasteiger partial charge in [0.25, 0.3) is 5.91 Å². The third kappa shape index (κ3) is 2.51. The monoisotopic (exact) mass is 397 g/mol. The predicted molar refractivity (Wildman–Crippen MR) is 88.2 cm³/mol. The molecule has 0 spiro atoms. The summed E-state index contributed by atoms with van der Waals surface area (Å²) in [5.74, 6) is -0.287. The quantitative estimate of drug-likeness (QED) is 0.640. The molecular weight excluding hydrogens is 389 g/mol. The van der Waals surface area contributed by atoms with E-state index in [0.29, 0.717) is 16.4 Å². The highest BCUT2D eigenvalue weighted by atomic mass is 127. The van der Waals surface area contributed by atoms with Crippen molar-refractivity contribution in [1.29, 1.82) is 0 Å². The lowest BCUT2D eigenvalue weighted by molar-refractivity contribution is 0.102. The fourth-order valence-electron chi connectivity index (χ4n) is 1.91. The number of anilines is 1. The number of carbonyl (C=O) groups excluding carboxylic acids is 1. The van der Waals surface area contributed by atoms with E-state index in [0.717, 1.165) is 14.5 Å². The Labute approximate surface area is 133 Å². The zero-order valence-electron chi connectivity index (χ0n) is 10.2. The van der Waals surface area contributed by atoms with Gasteiger partial charge in [-0.3, -0.25) is 9.89 Å². The molecule has 0 saturated carbocycles. The van der Waals surface area contributed by atoms with Crippen molar-refractivity contribution in [3.63, 3.8) is 0 Å². The van der Waals surface area contributed by atoms with Gasteiger partial charge in [0.15, 0.2) is 5.69 Å². The van der Waals surface area contributed by atoms with Crippen molar-refractivity contribution in [1.82, 2.24) is 10.2 Å². The van der Waals surface area contributed by atoms with Gasteiger partial charge < -0.3 is 5.32 Å². The molecule has 0 bridgehead atoms. The minimum atomic E-state index is -0.287. The summed E-state index contributed by atoms with van der Waals surface area (Å²) in [5.41, 5.74) is 1.76. The lowest BCUT2D eigenvalue weighted by atomic mass is 10.2. The van der Waals surface area contributed by atoms with Gasteiger partial charge >= 0.3 is 0 Å². The number of hydrogen-bond acceptors (Lipinski definition) is 2. The maximum atomic E-state index is 12.3. The Morgan fingerprint density at radius 1 is 1.25 bits per heavy atom. The number of nitrogens with zero attached hydrogens (tertiary/aromatic N) is 1. The summed E-state index contributed by atoms with van der Waals surface area (Å²) in [4.78, 5) is 12.3. The van der Waals surface area contributed by atoms with Gasteiger partial charge in [0, 0.05) is 8.96 Å². The molecule has 0 aliphatic carbocycles. The molecule has 0 aliphatic heterocycles. The summed E-state index contributed by atoms with van der Waals surface area (Å²) in [6.45, 7) is 0. The Balaban J connectivity index is 1.93. The molecule has 0 unspecified atom stereocenters. The van der Waals surface area contributed by atoms with E-state index in [1.54, 1.807) is 12.1 Å². The highest BCUT2D eigenvalue weighted by Gasteiger charge is 2.15. The van der Waals surface area contributed by atoms with E-state index < -0.39 is 0 Å². The van der Waals surface area contributed by atoms with Gasteiger partial charge in [0.05, 0.1) is 16.2 Å². The summed E-state index contributed by atoms with van der Waals surface area (Å²) >= 11 is 8.27. The summed E-state index contributed by atoms with van der Waals surface area (Å²) in [6.07, 6.45) is 0. The number of benzene rings is 2. The number of rotatable bonds is 2. The summed E-state index contributed by atoms with van der Waals surface area (Å²) in [5, 5.41) is 11.0. The number of amides is 1. The molecule has 0 aliphatic rings. The van der Waals surface area contributed by atoms with Gasteiger partial charge in [-0.2, -0.15) is 5.10 Å². The van der Waals surface area contributed by atoms with E-state index in [1.807, 2.05) is 30.3 Å². The van der Waals surface area contributed by atoms with E-state index in [9.17, 15) is 4.79 Å². The number of para-hydroxylation sites is 1. The van der Waals surface area contributed by atoms with Crippen LogP contribution in [0.3, 0.4) is 0 Å². The van der Waals surface area contributed by atoms with E-state index >= 15 is 0 Å². The lowest BCUT2D eigenvalue weighted by Gasteiger charge is -2.06. The molecular formula is C14H9ClIN3O. The van der Waals surface area contributed by atoms with Crippen molar-refractivity contribution in [2.24, 2.45) is 0 Å². The second-order valence-corrected chi connectivity index (χ2v) is 5.85. The third-order valence-electron chi connectivity index (χ3n) is 2.86. The van der Waals surface area contributed by atoms with Crippen LogP contribution in [0.4, 0.5) is 5.69 Å². The Morgan fingerprint density at radius 3 is 2.85 bits per heavy atom. The van der Waals surface area contributed by atoms with E-state index in [4.69, 9.17) is 11.6 Å². The minimum Gasteiger partial charge on any atom is -0.319 e. The maximum absolute atomic E-state index is 12.3. The second kappa shape index (κ2) is 5.41. The zero-order valence-corrected chi connectivity index (χ0v) is 13.1. The van der Waals surface area contributed by atoms with Crippen LogP contribution in [0.15, 0.2) is 42.5 Å². The highest BCUT2D eigenvalue weighted by molar-refractivity contribution is 14.1. The van der Waals surface area contributed by atoms with Gasteiger partial charge in [0.1, 0.15) is 0 Å². The Kier molecular flexibility index (Phi) is 3.62. The number of nitrogens with one attached hydrogen (secondary N) is 2. The van der Waals surface area contributed by atoms with Gasteiger partial charge in [-0.1, -0.05) is 29.8 Å². The van der Waals surface area contributed by atoms with E-state index in [-0.39, 0.29) is 5.91 Å². The van der Waals surface area contributed by atoms with Crippen LogP contribution in [-0.4, -0.2) is 16.1 Å². The fraction of sp³-hybridized carbons (Fsp3) is 0. The molecule has 100 valence electrons. The average molecular weight is 398 g/mol. The Morgan fingerprint density at radius 2 is 2.05 bits per heavy atom. The predicted octanol–water partition coefficient (Wildman–Crippen LogP) is 4.07. The molecule has 4 nitrogen and oxygen atoms in total. The van der Waals surface area contributed by atoms with E-state index in [2.05, 4.69) is 38.1 Å². The first-order chi connectivity index (χ1) is 9.65. The molecule has 0 radical (unpaired) electrons. The topological polar surface area (TPSA) is 57.8 Å². The molecule has 1 aromatic heterocycles. The number of halogens is 2. The molecule has 6 heteroatoms. The largest absolute Gasteiger partial charge is 0.319 e. The number of aromatic nitrogens is 2. The molecule has 1 heterocycles. The summed E-state index contributed by atoms with van der Waals surface area (Å²) in [6, 6.07) is 12.9. The highest BCUT2D eigenvalue weighted by Crippen LogP contribution is 2.25. The average Bonchev–Trinajstić information content (AvgIpc) is 2.86. The molecule has 0 saturated heterocycles. The van der Waals surface area contributed by atoms with Crippen molar-refractivity contribution >= 4 is 56.7 Å². The standard InChI is InChI=1S/C14H9ClIN3O/c15-10-7-8(16)5-6-12(10)17-14(20)13-9-3-1-2-4-11(9)18-19-13/h1-7H,(H,17,20)(H,18,19). The number of aromatic amines is 1. The first-order valence-electron chi connectivity index (χ1n) is 5.84. The van der Waals surface area contributed by atoms with Crippen molar-refractivity contribution < 1.29 is 4.79 Å². The Bertz CT molecular complexity index is 800.